The van der Waals surface area contributed by atoms with Gasteiger partial charge in [-0.3, -0.25) is 4.79 Å². The molecule has 0 radical (unpaired) electrons. The van der Waals surface area contributed by atoms with E-state index in [1.165, 1.54) is 24.3 Å². The zero-order valence-electron chi connectivity index (χ0n) is 15.0. The van der Waals surface area contributed by atoms with Gasteiger partial charge in [-0.15, -0.1) is 0 Å². The molecule has 0 spiro atoms. The van der Waals surface area contributed by atoms with Crippen molar-refractivity contribution in [3.63, 3.8) is 0 Å². The van der Waals surface area contributed by atoms with E-state index in [2.05, 4.69) is 16.7 Å². The van der Waals surface area contributed by atoms with Crippen LogP contribution < -0.4 is 0 Å². The quantitative estimate of drug-likeness (QED) is 0.351. The molecule has 3 heteroatoms. The van der Waals surface area contributed by atoms with Crippen LogP contribution in [0.2, 0.25) is 0 Å². The molecule has 0 saturated carbocycles. The number of nitrogens with zero attached hydrogens (tertiary/aromatic N) is 1. The molecule has 0 fully saturated rings. The lowest BCUT2D eigenvalue weighted by molar-refractivity contribution is 0.104. The van der Waals surface area contributed by atoms with Gasteiger partial charge in [0.2, 0.25) is 0 Å². The highest BCUT2D eigenvalue weighted by Crippen LogP contribution is 2.34. The Labute approximate surface area is 161 Å². The van der Waals surface area contributed by atoms with E-state index in [-0.39, 0.29) is 11.6 Å². The summed E-state index contributed by atoms with van der Waals surface area (Å²) in [6, 6.07) is 29.6. The minimum atomic E-state index is -0.354. The lowest BCUT2D eigenvalue weighted by Crippen LogP contribution is -2.05. The van der Waals surface area contributed by atoms with Crippen LogP contribution in [0.1, 0.15) is 15.9 Å². The van der Waals surface area contributed by atoms with Crippen LogP contribution in [0, 0.1) is 5.82 Å². The van der Waals surface area contributed by atoms with Crippen molar-refractivity contribution in [1.29, 1.82) is 0 Å². The molecule has 0 aliphatic carbocycles. The number of fused-ring (bicyclic) bond motifs is 3. The van der Waals surface area contributed by atoms with Crippen molar-refractivity contribution in [2.75, 3.05) is 0 Å². The minimum Gasteiger partial charge on any atom is -0.308 e. The van der Waals surface area contributed by atoms with Crippen LogP contribution in [0.3, 0.4) is 0 Å². The van der Waals surface area contributed by atoms with Gasteiger partial charge in [-0.1, -0.05) is 48.5 Å². The first-order valence-electron chi connectivity index (χ1n) is 9.12. The summed E-state index contributed by atoms with van der Waals surface area (Å²) in [7, 11) is 0. The van der Waals surface area contributed by atoms with E-state index in [1.54, 1.807) is 0 Å². The molecular formula is C25H16FNO. The highest BCUT2D eigenvalue weighted by atomic mass is 19.1. The zero-order valence-corrected chi connectivity index (χ0v) is 15.0. The standard InChI is InChI=1S/C25H16FNO/c26-18-15-13-17(14-16-18)25(28)22-11-6-10-21-20-9-4-5-12-23(20)27(24(21)22)19-7-2-1-3-8-19/h1-16H. The fraction of sp³-hybridized carbons (Fsp3) is 0. The molecule has 1 aromatic heterocycles. The number of rotatable bonds is 3. The number of halogens is 1. The Bertz CT molecular complexity index is 1320. The summed E-state index contributed by atoms with van der Waals surface area (Å²) < 4.78 is 15.4. The fourth-order valence-corrected chi connectivity index (χ4v) is 3.80. The van der Waals surface area contributed by atoms with Crippen LogP contribution in [-0.4, -0.2) is 10.4 Å². The second kappa shape index (κ2) is 6.46. The average molecular weight is 365 g/mol. The number of ketones is 1. The highest BCUT2D eigenvalue weighted by Gasteiger charge is 2.19. The molecule has 5 rings (SSSR count). The van der Waals surface area contributed by atoms with Crippen LogP contribution in [0.15, 0.2) is 97.1 Å². The SMILES string of the molecule is O=C(c1ccc(F)cc1)c1cccc2c3ccccc3n(-c3ccccc3)c12. The monoisotopic (exact) mass is 365 g/mol. The first kappa shape index (κ1) is 16.5. The van der Waals surface area contributed by atoms with Crippen LogP contribution in [0.4, 0.5) is 4.39 Å². The van der Waals surface area contributed by atoms with E-state index < -0.39 is 0 Å². The number of carbonyl (C=O) groups excluding carboxylic acids is 1. The van der Waals surface area contributed by atoms with Crippen molar-refractivity contribution < 1.29 is 9.18 Å². The van der Waals surface area contributed by atoms with Crippen molar-refractivity contribution in [1.82, 2.24) is 4.57 Å². The molecular weight excluding hydrogens is 349 g/mol. The van der Waals surface area contributed by atoms with Gasteiger partial charge in [0.1, 0.15) is 5.82 Å². The van der Waals surface area contributed by atoms with Crippen LogP contribution in [0.25, 0.3) is 27.5 Å². The predicted molar refractivity (Wildman–Crippen MR) is 111 cm³/mol. The molecule has 0 saturated heterocycles. The Morgan fingerprint density at radius 3 is 2.14 bits per heavy atom. The first-order valence-corrected chi connectivity index (χ1v) is 9.12. The van der Waals surface area contributed by atoms with Gasteiger partial charge in [-0.25, -0.2) is 4.39 Å². The summed E-state index contributed by atoms with van der Waals surface area (Å²) in [6.07, 6.45) is 0. The molecule has 4 aromatic carbocycles. The van der Waals surface area contributed by atoms with Crippen molar-refractivity contribution in [3.8, 4) is 5.69 Å². The third-order valence-corrected chi connectivity index (χ3v) is 5.06. The summed E-state index contributed by atoms with van der Waals surface area (Å²) in [5.41, 5.74) is 3.98. The number of hydrogen-bond acceptors (Lipinski definition) is 1. The van der Waals surface area contributed by atoms with Gasteiger partial charge in [-0.05, 0) is 48.5 Å². The third-order valence-electron chi connectivity index (χ3n) is 5.06. The second-order valence-corrected chi connectivity index (χ2v) is 6.73. The molecule has 134 valence electrons. The lowest BCUT2D eigenvalue weighted by atomic mass is 10.0. The van der Waals surface area contributed by atoms with E-state index in [4.69, 9.17) is 0 Å². The topological polar surface area (TPSA) is 22.0 Å². The Hall–Kier alpha value is -3.72. The smallest absolute Gasteiger partial charge is 0.195 e. The Kier molecular flexibility index (Phi) is 3.80. The molecule has 5 aromatic rings. The molecule has 0 atom stereocenters. The van der Waals surface area contributed by atoms with Crippen LogP contribution in [-0.2, 0) is 0 Å². The molecule has 1 heterocycles. The van der Waals surface area contributed by atoms with Gasteiger partial charge in [-0.2, -0.15) is 0 Å². The van der Waals surface area contributed by atoms with E-state index in [1.807, 2.05) is 60.7 Å². The van der Waals surface area contributed by atoms with E-state index in [9.17, 15) is 9.18 Å². The number of benzene rings is 4. The number of hydrogen-bond donors (Lipinski definition) is 0. The minimum absolute atomic E-state index is 0.120. The zero-order chi connectivity index (χ0) is 19.1. The molecule has 0 N–H and O–H groups in total. The Morgan fingerprint density at radius 2 is 1.36 bits per heavy atom. The number of carbonyl (C=O) groups is 1. The second-order valence-electron chi connectivity index (χ2n) is 6.73. The number of aromatic nitrogens is 1. The van der Waals surface area contributed by atoms with Gasteiger partial charge in [0.25, 0.3) is 0 Å². The van der Waals surface area contributed by atoms with Crippen LogP contribution >= 0.6 is 0 Å². The maximum Gasteiger partial charge on any atom is 0.195 e. The lowest BCUT2D eigenvalue weighted by Gasteiger charge is -2.11. The summed E-state index contributed by atoms with van der Waals surface area (Å²) >= 11 is 0. The summed E-state index contributed by atoms with van der Waals surface area (Å²) in [4.78, 5) is 13.3. The first-order chi connectivity index (χ1) is 13.7. The number of para-hydroxylation sites is 3. The summed E-state index contributed by atoms with van der Waals surface area (Å²) in [5, 5.41) is 2.11. The van der Waals surface area contributed by atoms with Crippen molar-refractivity contribution in [3.05, 3.63) is 114 Å². The van der Waals surface area contributed by atoms with Gasteiger partial charge >= 0.3 is 0 Å². The molecule has 0 aliphatic heterocycles. The molecule has 0 amide bonds. The molecule has 0 bridgehead atoms. The van der Waals surface area contributed by atoms with Gasteiger partial charge in [0, 0.05) is 27.6 Å². The van der Waals surface area contributed by atoms with E-state index >= 15 is 0 Å². The fourth-order valence-electron chi connectivity index (χ4n) is 3.80. The Balaban J connectivity index is 1.87. The van der Waals surface area contributed by atoms with Crippen molar-refractivity contribution in [2.24, 2.45) is 0 Å². The highest BCUT2D eigenvalue weighted by molar-refractivity contribution is 6.21. The van der Waals surface area contributed by atoms with Gasteiger partial charge in [0.05, 0.1) is 11.0 Å². The molecule has 0 unspecified atom stereocenters. The van der Waals surface area contributed by atoms with Crippen molar-refractivity contribution >= 4 is 27.6 Å². The maximum absolute atomic E-state index is 13.3. The molecule has 2 nitrogen and oxygen atoms in total. The third kappa shape index (κ3) is 2.52. The van der Waals surface area contributed by atoms with Crippen LogP contribution in [0.5, 0.6) is 0 Å². The normalized spacial score (nSPS) is 11.2. The molecule has 28 heavy (non-hydrogen) atoms. The van der Waals surface area contributed by atoms with E-state index in [0.717, 1.165) is 27.5 Å². The summed E-state index contributed by atoms with van der Waals surface area (Å²) in [5.74, 6) is -0.473. The average Bonchev–Trinajstić information content (AvgIpc) is 3.09. The predicted octanol–water partition coefficient (Wildman–Crippen LogP) is 6.15. The van der Waals surface area contributed by atoms with E-state index in [0.29, 0.717) is 11.1 Å². The largest absolute Gasteiger partial charge is 0.308 e. The van der Waals surface area contributed by atoms with Gasteiger partial charge in [0.15, 0.2) is 5.78 Å². The van der Waals surface area contributed by atoms with Crippen molar-refractivity contribution in [2.45, 2.75) is 0 Å². The maximum atomic E-state index is 13.3. The Morgan fingerprint density at radius 1 is 0.679 bits per heavy atom. The van der Waals surface area contributed by atoms with Gasteiger partial charge < -0.3 is 4.57 Å². The molecule has 0 aliphatic rings. The summed E-state index contributed by atoms with van der Waals surface area (Å²) in [6.45, 7) is 0.